The smallest absolute Gasteiger partial charge is 0.316 e. The van der Waals surface area contributed by atoms with E-state index in [-0.39, 0.29) is 0 Å². The van der Waals surface area contributed by atoms with Gasteiger partial charge in [-0.1, -0.05) is 12.1 Å². The SMILES string of the molecule is CCN(CC)c1ccccc1N=S(=O)=O. The summed E-state index contributed by atoms with van der Waals surface area (Å²) in [5, 5.41) is 0. The van der Waals surface area contributed by atoms with Crippen LogP contribution in [0.3, 0.4) is 0 Å². The van der Waals surface area contributed by atoms with Crippen LogP contribution in [-0.2, 0) is 10.5 Å². The van der Waals surface area contributed by atoms with E-state index in [0.717, 1.165) is 18.8 Å². The molecule has 0 unspecified atom stereocenters. The third-order valence-electron chi connectivity index (χ3n) is 2.16. The predicted octanol–water partition coefficient (Wildman–Crippen LogP) is 2.23. The molecule has 1 aromatic rings. The molecule has 0 bridgehead atoms. The van der Waals surface area contributed by atoms with Gasteiger partial charge in [0.25, 0.3) is 0 Å². The van der Waals surface area contributed by atoms with E-state index in [1.165, 1.54) is 0 Å². The van der Waals surface area contributed by atoms with Crippen LogP contribution in [-0.4, -0.2) is 21.5 Å². The number of benzene rings is 1. The van der Waals surface area contributed by atoms with Crippen LogP contribution < -0.4 is 4.90 Å². The Balaban J connectivity index is 3.22. The molecule has 0 heterocycles. The van der Waals surface area contributed by atoms with Gasteiger partial charge in [0.1, 0.15) is 5.69 Å². The number of hydrogen-bond acceptors (Lipinski definition) is 4. The van der Waals surface area contributed by atoms with Crippen LogP contribution >= 0.6 is 0 Å². The maximum atomic E-state index is 10.5. The van der Waals surface area contributed by atoms with E-state index in [2.05, 4.69) is 9.26 Å². The normalized spacial score (nSPS) is 9.73. The second-order valence-corrected chi connectivity index (χ2v) is 3.59. The fourth-order valence-electron chi connectivity index (χ4n) is 1.45. The molecule has 15 heavy (non-hydrogen) atoms. The van der Waals surface area contributed by atoms with Gasteiger partial charge in [0, 0.05) is 13.1 Å². The summed E-state index contributed by atoms with van der Waals surface area (Å²) in [7, 11) is -2.40. The lowest BCUT2D eigenvalue weighted by Gasteiger charge is -2.21. The van der Waals surface area contributed by atoms with Gasteiger partial charge >= 0.3 is 10.5 Å². The monoisotopic (exact) mass is 226 g/mol. The highest BCUT2D eigenvalue weighted by atomic mass is 32.2. The van der Waals surface area contributed by atoms with Gasteiger partial charge in [-0.15, -0.1) is 4.36 Å². The Bertz CT molecular complexity index is 442. The zero-order valence-electron chi connectivity index (χ0n) is 8.84. The molecule has 0 spiro atoms. The summed E-state index contributed by atoms with van der Waals surface area (Å²) in [6.45, 7) is 5.70. The molecule has 1 aromatic carbocycles. The van der Waals surface area contributed by atoms with Crippen molar-refractivity contribution >= 4 is 21.9 Å². The number of rotatable bonds is 4. The van der Waals surface area contributed by atoms with E-state index in [1.54, 1.807) is 12.1 Å². The lowest BCUT2D eigenvalue weighted by molar-refractivity contribution is 0.622. The summed E-state index contributed by atoms with van der Waals surface area (Å²) in [6, 6.07) is 7.22. The fraction of sp³-hybridized carbons (Fsp3) is 0.400. The third-order valence-corrected chi connectivity index (χ3v) is 2.50. The van der Waals surface area contributed by atoms with Gasteiger partial charge in [-0.2, -0.15) is 8.42 Å². The van der Waals surface area contributed by atoms with Crippen molar-refractivity contribution in [2.24, 2.45) is 4.36 Å². The minimum absolute atomic E-state index is 0.495. The van der Waals surface area contributed by atoms with Gasteiger partial charge in [-0.05, 0) is 26.0 Å². The predicted molar refractivity (Wildman–Crippen MR) is 61.0 cm³/mol. The van der Waals surface area contributed by atoms with Gasteiger partial charge < -0.3 is 4.90 Å². The summed E-state index contributed by atoms with van der Waals surface area (Å²) >= 11 is 0. The first kappa shape index (κ1) is 11.7. The molecule has 82 valence electrons. The van der Waals surface area contributed by atoms with E-state index in [0.29, 0.717) is 5.69 Å². The lowest BCUT2D eigenvalue weighted by atomic mass is 10.2. The minimum atomic E-state index is -2.40. The Hall–Kier alpha value is -1.36. The molecule has 0 fully saturated rings. The number of anilines is 1. The van der Waals surface area contributed by atoms with Crippen LogP contribution in [0, 0.1) is 0 Å². The molecular formula is C10H14N2O2S. The van der Waals surface area contributed by atoms with Gasteiger partial charge in [0.05, 0.1) is 5.69 Å². The van der Waals surface area contributed by atoms with Crippen molar-refractivity contribution in [1.82, 2.24) is 0 Å². The molecule has 0 radical (unpaired) electrons. The number of hydrogen-bond donors (Lipinski definition) is 0. The molecule has 0 saturated carbocycles. The molecule has 0 aliphatic rings. The Morgan fingerprint density at radius 2 is 1.80 bits per heavy atom. The molecule has 0 aliphatic carbocycles. The topological polar surface area (TPSA) is 49.7 Å². The average Bonchev–Trinajstić information content (AvgIpc) is 2.21. The van der Waals surface area contributed by atoms with Crippen LogP contribution in [0.1, 0.15) is 13.8 Å². The fourth-order valence-corrected chi connectivity index (χ4v) is 1.77. The maximum Gasteiger partial charge on any atom is 0.316 e. The zero-order valence-corrected chi connectivity index (χ0v) is 9.66. The van der Waals surface area contributed by atoms with E-state index in [4.69, 9.17) is 0 Å². The molecule has 0 aliphatic heterocycles. The van der Waals surface area contributed by atoms with Crippen LogP contribution in [0.15, 0.2) is 28.6 Å². The van der Waals surface area contributed by atoms with Crippen molar-refractivity contribution in [2.45, 2.75) is 13.8 Å². The quantitative estimate of drug-likeness (QED) is 0.791. The Labute approximate surface area is 91.2 Å². The van der Waals surface area contributed by atoms with Crippen molar-refractivity contribution in [3.05, 3.63) is 24.3 Å². The van der Waals surface area contributed by atoms with Crippen molar-refractivity contribution < 1.29 is 8.42 Å². The Morgan fingerprint density at radius 3 is 2.33 bits per heavy atom. The minimum Gasteiger partial charge on any atom is -0.370 e. The maximum absolute atomic E-state index is 10.5. The molecular weight excluding hydrogens is 212 g/mol. The highest BCUT2D eigenvalue weighted by molar-refractivity contribution is 7.61. The second-order valence-electron chi connectivity index (χ2n) is 2.97. The standard InChI is InChI=1S/C10H14N2O2S/c1-3-12(4-2)10-8-6-5-7-9(10)11-15(13)14/h5-8H,3-4H2,1-2H3. The summed E-state index contributed by atoms with van der Waals surface area (Å²) < 4.78 is 24.6. The first-order valence-electron chi connectivity index (χ1n) is 4.84. The molecule has 5 heteroatoms. The highest BCUT2D eigenvalue weighted by Crippen LogP contribution is 2.27. The number of para-hydroxylation sites is 1. The molecule has 0 aromatic heterocycles. The highest BCUT2D eigenvalue weighted by Gasteiger charge is 2.06. The van der Waals surface area contributed by atoms with Crippen LogP contribution in [0.5, 0.6) is 0 Å². The largest absolute Gasteiger partial charge is 0.370 e. The summed E-state index contributed by atoms with van der Waals surface area (Å²) in [5.41, 5.74) is 1.35. The van der Waals surface area contributed by atoms with E-state index in [1.807, 2.05) is 26.0 Å². The van der Waals surface area contributed by atoms with Crippen molar-refractivity contribution in [1.29, 1.82) is 0 Å². The van der Waals surface area contributed by atoms with Crippen LogP contribution in [0.25, 0.3) is 0 Å². The van der Waals surface area contributed by atoms with E-state index >= 15 is 0 Å². The molecule has 0 atom stereocenters. The van der Waals surface area contributed by atoms with Crippen LogP contribution in [0.2, 0.25) is 0 Å². The lowest BCUT2D eigenvalue weighted by Crippen LogP contribution is -2.21. The van der Waals surface area contributed by atoms with Crippen molar-refractivity contribution in [3.8, 4) is 0 Å². The van der Waals surface area contributed by atoms with Gasteiger partial charge in [0.15, 0.2) is 0 Å². The summed E-state index contributed by atoms with van der Waals surface area (Å²) in [4.78, 5) is 2.06. The van der Waals surface area contributed by atoms with Crippen molar-refractivity contribution in [3.63, 3.8) is 0 Å². The average molecular weight is 226 g/mol. The van der Waals surface area contributed by atoms with Gasteiger partial charge in [-0.3, -0.25) is 0 Å². The second kappa shape index (κ2) is 5.50. The van der Waals surface area contributed by atoms with Gasteiger partial charge in [-0.25, -0.2) is 0 Å². The first-order valence-corrected chi connectivity index (χ1v) is 5.87. The van der Waals surface area contributed by atoms with Crippen LogP contribution in [0.4, 0.5) is 11.4 Å². The summed E-state index contributed by atoms with van der Waals surface area (Å²) in [6.07, 6.45) is 0. The Kier molecular flexibility index (Phi) is 4.30. The van der Waals surface area contributed by atoms with Crippen molar-refractivity contribution in [2.75, 3.05) is 18.0 Å². The molecule has 4 nitrogen and oxygen atoms in total. The van der Waals surface area contributed by atoms with E-state index in [9.17, 15) is 8.42 Å². The number of nitrogens with zero attached hydrogens (tertiary/aromatic N) is 2. The first-order chi connectivity index (χ1) is 7.19. The Morgan fingerprint density at radius 1 is 1.20 bits per heavy atom. The third kappa shape index (κ3) is 3.06. The zero-order chi connectivity index (χ0) is 11.3. The van der Waals surface area contributed by atoms with E-state index < -0.39 is 10.5 Å². The van der Waals surface area contributed by atoms with Gasteiger partial charge in [0.2, 0.25) is 0 Å². The molecule has 0 N–H and O–H groups in total. The summed E-state index contributed by atoms with van der Waals surface area (Å²) in [5.74, 6) is 0. The molecule has 1 rings (SSSR count). The molecule has 0 amide bonds. The molecule has 0 saturated heterocycles.